The summed E-state index contributed by atoms with van der Waals surface area (Å²) in [4.78, 5) is 13.4. The molecule has 1 fully saturated rings. The second-order valence-corrected chi connectivity index (χ2v) is 4.28. The van der Waals surface area contributed by atoms with E-state index in [0.717, 1.165) is 31.1 Å². The number of carbonyl (C=O) groups excluding carboxylic acids is 1. The monoisotopic (exact) mass is 250 g/mol. The first kappa shape index (κ1) is 12.7. The van der Waals surface area contributed by atoms with E-state index in [1.165, 1.54) is 7.11 Å². The Morgan fingerprint density at radius 3 is 2.78 bits per heavy atom. The van der Waals surface area contributed by atoms with E-state index in [1.807, 2.05) is 24.3 Å². The molecule has 1 atom stereocenters. The van der Waals surface area contributed by atoms with E-state index < -0.39 is 6.09 Å². The Bertz CT molecular complexity index is 405. The maximum Gasteiger partial charge on any atom is 0.411 e. The highest BCUT2D eigenvalue weighted by molar-refractivity contribution is 5.84. The van der Waals surface area contributed by atoms with Gasteiger partial charge in [0.05, 0.1) is 20.3 Å². The van der Waals surface area contributed by atoms with Crippen LogP contribution in [-0.2, 0) is 9.47 Å². The van der Waals surface area contributed by atoms with Crippen LogP contribution in [0.15, 0.2) is 24.3 Å². The molecule has 1 aromatic carbocycles. The topological polar surface area (TPSA) is 50.8 Å². The molecule has 18 heavy (non-hydrogen) atoms. The summed E-state index contributed by atoms with van der Waals surface area (Å²) in [6.45, 7) is 4.54. The summed E-state index contributed by atoms with van der Waals surface area (Å²) in [5, 5.41) is 2.63. The van der Waals surface area contributed by atoms with Gasteiger partial charge < -0.3 is 14.4 Å². The van der Waals surface area contributed by atoms with Crippen molar-refractivity contribution in [3.05, 3.63) is 24.3 Å². The Morgan fingerprint density at radius 2 is 2.17 bits per heavy atom. The Balaban J connectivity index is 2.04. The molecule has 0 radical (unpaired) electrons. The Kier molecular flexibility index (Phi) is 4.04. The van der Waals surface area contributed by atoms with Gasteiger partial charge in [-0.25, -0.2) is 4.79 Å². The molecule has 0 saturated carbocycles. The van der Waals surface area contributed by atoms with Gasteiger partial charge in [0.25, 0.3) is 0 Å². The second-order valence-electron chi connectivity index (χ2n) is 4.28. The minimum atomic E-state index is -0.456. The number of carbonyl (C=O) groups is 1. The lowest BCUT2D eigenvalue weighted by atomic mass is 10.2. The zero-order valence-corrected chi connectivity index (χ0v) is 10.7. The average Bonchev–Trinajstić information content (AvgIpc) is 2.40. The molecule has 5 heteroatoms. The molecule has 98 valence electrons. The summed E-state index contributed by atoms with van der Waals surface area (Å²) in [6, 6.07) is 8.10. The first-order chi connectivity index (χ1) is 8.70. The number of hydrogen-bond acceptors (Lipinski definition) is 4. The van der Waals surface area contributed by atoms with Crippen LogP contribution in [0, 0.1) is 0 Å². The van der Waals surface area contributed by atoms with Crippen LogP contribution in [0.5, 0.6) is 0 Å². The van der Waals surface area contributed by atoms with Gasteiger partial charge in [-0.3, -0.25) is 5.32 Å². The third kappa shape index (κ3) is 2.92. The highest BCUT2D eigenvalue weighted by atomic mass is 16.5. The predicted octanol–water partition coefficient (Wildman–Crippen LogP) is 2.09. The minimum Gasteiger partial charge on any atom is -0.453 e. The molecule has 0 aliphatic carbocycles. The summed E-state index contributed by atoms with van der Waals surface area (Å²) >= 11 is 0. The Hall–Kier alpha value is -1.75. The summed E-state index contributed by atoms with van der Waals surface area (Å²) in [7, 11) is 1.35. The van der Waals surface area contributed by atoms with Crippen molar-refractivity contribution in [2.75, 3.05) is 37.1 Å². The number of hydrogen-bond donors (Lipinski definition) is 1. The van der Waals surface area contributed by atoms with E-state index in [0.29, 0.717) is 6.04 Å². The van der Waals surface area contributed by atoms with Crippen LogP contribution >= 0.6 is 0 Å². The molecule has 0 spiro atoms. The van der Waals surface area contributed by atoms with Crippen molar-refractivity contribution in [3.63, 3.8) is 0 Å². The summed E-state index contributed by atoms with van der Waals surface area (Å²) < 4.78 is 9.95. The first-order valence-electron chi connectivity index (χ1n) is 6.00. The molecule has 0 aromatic heterocycles. The van der Waals surface area contributed by atoms with E-state index in [-0.39, 0.29) is 0 Å². The highest BCUT2D eigenvalue weighted by Gasteiger charge is 2.18. The normalized spacial score (nSPS) is 19.4. The SMILES string of the molecule is COC(=O)Nc1ccc(N2CCOCC2C)cc1. The zero-order chi connectivity index (χ0) is 13.0. The van der Waals surface area contributed by atoms with Crippen molar-refractivity contribution in [1.82, 2.24) is 0 Å². The molecule has 1 heterocycles. The standard InChI is InChI=1S/C13H18N2O3/c1-10-9-18-8-7-15(10)12-5-3-11(4-6-12)14-13(16)17-2/h3-6,10H,7-9H2,1-2H3,(H,14,16). The third-order valence-corrected chi connectivity index (χ3v) is 3.00. The van der Waals surface area contributed by atoms with Crippen LogP contribution < -0.4 is 10.2 Å². The fourth-order valence-corrected chi connectivity index (χ4v) is 2.02. The molecule has 1 unspecified atom stereocenters. The number of nitrogens with one attached hydrogen (secondary N) is 1. The fourth-order valence-electron chi connectivity index (χ4n) is 2.02. The van der Waals surface area contributed by atoms with Crippen molar-refractivity contribution < 1.29 is 14.3 Å². The van der Waals surface area contributed by atoms with E-state index in [1.54, 1.807) is 0 Å². The van der Waals surface area contributed by atoms with Crippen LogP contribution in [0.1, 0.15) is 6.92 Å². The molecule has 1 aromatic rings. The molecule has 0 bridgehead atoms. The van der Waals surface area contributed by atoms with Crippen LogP contribution in [0.3, 0.4) is 0 Å². The molecule has 1 amide bonds. The lowest BCUT2D eigenvalue weighted by Crippen LogP contribution is -2.43. The lowest BCUT2D eigenvalue weighted by Gasteiger charge is -2.35. The van der Waals surface area contributed by atoms with E-state index in [9.17, 15) is 4.79 Å². The van der Waals surface area contributed by atoms with Gasteiger partial charge in [-0.1, -0.05) is 0 Å². The summed E-state index contributed by atoms with van der Waals surface area (Å²) in [5.41, 5.74) is 1.87. The maximum absolute atomic E-state index is 11.1. The number of ether oxygens (including phenoxy) is 2. The molecular weight excluding hydrogens is 232 g/mol. The second kappa shape index (κ2) is 5.73. The quantitative estimate of drug-likeness (QED) is 0.873. The number of rotatable bonds is 2. The zero-order valence-electron chi connectivity index (χ0n) is 10.7. The van der Waals surface area contributed by atoms with Crippen molar-refractivity contribution in [3.8, 4) is 0 Å². The van der Waals surface area contributed by atoms with Gasteiger partial charge in [0.15, 0.2) is 0 Å². The number of anilines is 2. The van der Waals surface area contributed by atoms with Gasteiger partial charge in [-0.05, 0) is 31.2 Å². The molecule has 1 saturated heterocycles. The number of morpholine rings is 1. The van der Waals surface area contributed by atoms with Crippen LogP contribution in [0.2, 0.25) is 0 Å². The molecule has 1 aliphatic rings. The minimum absolute atomic E-state index is 0.373. The fraction of sp³-hybridized carbons (Fsp3) is 0.462. The Morgan fingerprint density at radius 1 is 1.44 bits per heavy atom. The van der Waals surface area contributed by atoms with Crippen LogP contribution in [-0.4, -0.2) is 39.0 Å². The predicted molar refractivity (Wildman–Crippen MR) is 70.1 cm³/mol. The van der Waals surface area contributed by atoms with Gasteiger partial charge in [0.1, 0.15) is 0 Å². The molecule has 2 rings (SSSR count). The average molecular weight is 250 g/mol. The van der Waals surface area contributed by atoms with Crippen LogP contribution in [0.25, 0.3) is 0 Å². The van der Waals surface area contributed by atoms with Gasteiger partial charge in [-0.15, -0.1) is 0 Å². The number of benzene rings is 1. The molecule has 1 aliphatic heterocycles. The molecular formula is C13H18N2O3. The number of amides is 1. The van der Waals surface area contributed by atoms with Gasteiger partial charge in [-0.2, -0.15) is 0 Å². The smallest absolute Gasteiger partial charge is 0.411 e. The van der Waals surface area contributed by atoms with Crippen molar-refractivity contribution in [2.24, 2.45) is 0 Å². The molecule has 5 nitrogen and oxygen atoms in total. The van der Waals surface area contributed by atoms with Crippen molar-refractivity contribution >= 4 is 17.5 Å². The highest BCUT2D eigenvalue weighted by Crippen LogP contribution is 2.21. The maximum atomic E-state index is 11.1. The largest absolute Gasteiger partial charge is 0.453 e. The first-order valence-corrected chi connectivity index (χ1v) is 6.00. The lowest BCUT2D eigenvalue weighted by molar-refractivity contribution is 0.0989. The summed E-state index contributed by atoms with van der Waals surface area (Å²) in [6.07, 6.45) is -0.456. The van der Waals surface area contributed by atoms with E-state index in [4.69, 9.17) is 4.74 Å². The van der Waals surface area contributed by atoms with E-state index >= 15 is 0 Å². The molecule has 1 N–H and O–H groups in total. The number of nitrogens with zero attached hydrogens (tertiary/aromatic N) is 1. The van der Waals surface area contributed by atoms with Crippen LogP contribution in [0.4, 0.5) is 16.2 Å². The van der Waals surface area contributed by atoms with Gasteiger partial charge >= 0.3 is 6.09 Å². The Labute approximate surface area is 107 Å². The summed E-state index contributed by atoms with van der Waals surface area (Å²) in [5.74, 6) is 0. The van der Waals surface area contributed by atoms with Crippen molar-refractivity contribution in [1.29, 1.82) is 0 Å². The van der Waals surface area contributed by atoms with Gasteiger partial charge in [0, 0.05) is 24.0 Å². The number of methoxy groups -OCH3 is 1. The van der Waals surface area contributed by atoms with E-state index in [2.05, 4.69) is 21.9 Å². The van der Waals surface area contributed by atoms with Gasteiger partial charge in [0.2, 0.25) is 0 Å². The third-order valence-electron chi connectivity index (χ3n) is 3.00. The van der Waals surface area contributed by atoms with Crippen molar-refractivity contribution in [2.45, 2.75) is 13.0 Å².